The monoisotopic (exact) mass is 344 g/mol. The fourth-order valence-corrected chi connectivity index (χ4v) is 2.71. The Hall–Kier alpha value is -1.46. The summed E-state index contributed by atoms with van der Waals surface area (Å²) in [6, 6.07) is 4.34. The van der Waals surface area contributed by atoms with Crippen LogP contribution in [0.15, 0.2) is 18.2 Å². The van der Waals surface area contributed by atoms with Gasteiger partial charge in [0, 0.05) is 11.6 Å². The van der Waals surface area contributed by atoms with Crippen LogP contribution < -0.4 is 10.2 Å². The van der Waals surface area contributed by atoms with Crippen LogP contribution in [0.4, 0.5) is 10.5 Å². The second-order valence-electron chi connectivity index (χ2n) is 6.07. The summed E-state index contributed by atoms with van der Waals surface area (Å²) in [4.78, 5) is 25.7. The van der Waals surface area contributed by atoms with Crippen molar-refractivity contribution in [1.29, 1.82) is 0 Å². The Labute approximate surface area is 139 Å². The lowest BCUT2D eigenvalue weighted by atomic mass is 10.2. The molecule has 7 heteroatoms. The molecule has 1 saturated heterocycles. The highest BCUT2D eigenvalue weighted by atomic mass is 35.5. The maximum absolute atomic E-state index is 12.4. The molecule has 1 N–H and O–H groups in total. The summed E-state index contributed by atoms with van der Waals surface area (Å²) in [7, 11) is 0. The Morgan fingerprint density at radius 2 is 2.05 bits per heavy atom. The zero-order valence-corrected chi connectivity index (χ0v) is 14.2. The second kappa shape index (κ2) is 6.34. The molecule has 1 aromatic carbocycles. The Bertz CT molecular complexity index is 599. The summed E-state index contributed by atoms with van der Waals surface area (Å²) >= 11 is 12.0. The Balaban J connectivity index is 2.05. The number of anilines is 1. The van der Waals surface area contributed by atoms with Gasteiger partial charge in [-0.1, -0.05) is 23.2 Å². The summed E-state index contributed by atoms with van der Waals surface area (Å²) in [6.45, 7) is 5.77. The average molecular weight is 345 g/mol. The number of carbonyl (C=O) groups is 2. The van der Waals surface area contributed by atoms with Gasteiger partial charge < -0.3 is 15.0 Å². The van der Waals surface area contributed by atoms with Crippen LogP contribution in [0.1, 0.15) is 27.2 Å². The molecule has 0 bridgehead atoms. The van der Waals surface area contributed by atoms with E-state index in [0.717, 1.165) is 0 Å². The molecule has 22 heavy (non-hydrogen) atoms. The summed E-state index contributed by atoms with van der Waals surface area (Å²) in [5.41, 5.74) is -0.0187. The van der Waals surface area contributed by atoms with Crippen LogP contribution in [0.2, 0.25) is 10.0 Å². The van der Waals surface area contributed by atoms with Gasteiger partial charge in [-0.2, -0.15) is 0 Å². The van der Waals surface area contributed by atoms with Crippen molar-refractivity contribution in [2.24, 2.45) is 0 Å². The van der Waals surface area contributed by atoms with Gasteiger partial charge in [-0.15, -0.1) is 0 Å². The minimum atomic E-state index is -0.610. The normalized spacial score (nSPS) is 18.5. The highest BCUT2D eigenvalue weighted by Gasteiger charge is 2.35. The van der Waals surface area contributed by atoms with Crippen LogP contribution >= 0.6 is 23.2 Å². The first-order valence-electron chi connectivity index (χ1n) is 6.93. The predicted molar refractivity (Wildman–Crippen MR) is 86.6 cm³/mol. The molecule has 2 amide bonds. The van der Waals surface area contributed by atoms with Crippen molar-refractivity contribution in [2.45, 2.75) is 38.8 Å². The number of nitrogens with zero attached hydrogens (tertiary/aromatic N) is 1. The molecule has 0 unspecified atom stereocenters. The molecule has 0 aliphatic carbocycles. The van der Waals surface area contributed by atoms with Crippen LogP contribution in [0.3, 0.4) is 0 Å². The van der Waals surface area contributed by atoms with Gasteiger partial charge in [0.25, 0.3) is 0 Å². The highest BCUT2D eigenvalue weighted by Crippen LogP contribution is 2.31. The zero-order valence-electron chi connectivity index (χ0n) is 12.7. The van der Waals surface area contributed by atoms with E-state index in [1.165, 1.54) is 0 Å². The number of halogens is 2. The fourth-order valence-electron chi connectivity index (χ4n) is 2.20. The third-order valence-electron chi connectivity index (χ3n) is 3.10. The van der Waals surface area contributed by atoms with Gasteiger partial charge in [-0.3, -0.25) is 4.79 Å². The minimum absolute atomic E-state index is 0.213. The molecule has 0 spiro atoms. The first-order chi connectivity index (χ1) is 10.2. The first kappa shape index (κ1) is 16.9. The third kappa shape index (κ3) is 4.05. The van der Waals surface area contributed by atoms with Crippen molar-refractivity contribution in [3.05, 3.63) is 28.2 Å². The van der Waals surface area contributed by atoms with Gasteiger partial charge in [-0.05, 0) is 45.4 Å². The maximum Gasteiger partial charge on any atom is 0.408 e. The lowest BCUT2D eigenvalue weighted by Crippen LogP contribution is -2.43. The highest BCUT2D eigenvalue weighted by molar-refractivity contribution is 6.36. The van der Waals surface area contributed by atoms with E-state index in [-0.39, 0.29) is 5.91 Å². The van der Waals surface area contributed by atoms with E-state index in [1.807, 2.05) is 0 Å². The Morgan fingerprint density at radius 1 is 1.36 bits per heavy atom. The van der Waals surface area contributed by atoms with E-state index in [4.69, 9.17) is 27.9 Å². The average Bonchev–Trinajstić information content (AvgIpc) is 2.69. The van der Waals surface area contributed by atoms with Gasteiger partial charge in [-0.25, -0.2) is 4.79 Å². The molecule has 0 saturated carbocycles. The Kier molecular flexibility index (Phi) is 4.87. The van der Waals surface area contributed by atoms with Crippen LogP contribution in [0.25, 0.3) is 0 Å². The van der Waals surface area contributed by atoms with Gasteiger partial charge in [0.1, 0.15) is 11.6 Å². The Morgan fingerprint density at radius 3 is 2.64 bits per heavy atom. The van der Waals surface area contributed by atoms with E-state index in [0.29, 0.717) is 28.7 Å². The molecular formula is C15H18Cl2N2O3. The quantitative estimate of drug-likeness (QED) is 0.891. The van der Waals surface area contributed by atoms with Crippen LogP contribution in [0.5, 0.6) is 0 Å². The van der Waals surface area contributed by atoms with Crippen LogP contribution in [0, 0.1) is 0 Å². The van der Waals surface area contributed by atoms with Gasteiger partial charge in [0.15, 0.2) is 0 Å². The summed E-state index contributed by atoms with van der Waals surface area (Å²) < 4.78 is 5.16. The summed E-state index contributed by atoms with van der Waals surface area (Å²) in [6.07, 6.45) is -0.105. The van der Waals surface area contributed by atoms with Crippen molar-refractivity contribution >= 4 is 40.9 Å². The van der Waals surface area contributed by atoms with Crippen LogP contribution in [-0.2, 0) is 9.53 Å². The standard InChI is InChI=1S/C15H18Cl2N2O3/c1-15(2,3)22-14(21)18-11-6-7-19(13(11)20)12-5-4-9(16)8-10(12)17/h4-5,8,11H,6-7H2,1-3H3,(H,18,21)/t11-/m0/s1. The minimum Gasteiger partial charge on any atom is -0.444 e. The molecular weight excluding hydrogens is 327 g/mol. The predicted octanol–water partition coefficient (Wildman–Crippen LogP) is 3.62. The van der Waals surface area contributed by atoms with E-state index in [2.05, 4.69) is 5.32 Å². The molecule has 1 aliphatic heterocycles. The van der Waals surface area contributed by atoms with Crippen molar-refractivity contribution < 1.29 is 14.3 Å². The number of amides is 2. The van der Waals surface area contributed by atoms with Crippen LogP contribution in [-0.4, -0.2) is 30.2 Å². The number of nitrogens with one attached hydrogen (secondary N) is 1. The molecule has 2 rings (SSSR count). The summed E-state index contributed by atoms with van der Waals surface area (Å²) in [5, 5.41) is 3.50. The van der Waals surface area contributed by atoms with E-state index >= 15 is 0 Å². The number of rotatable bonds is 2. The number of alkyl carbamates (subject to hydrolysis) is 1. The van der Waals surface area contributed by atoms with Crippen molar-refractivity contribution in [3.63, 3.8) is 0 Å². The van der Waals surface area contributed by atoms with Crippen molar-refractivity contribution in [3.8, 4) is 0 Å². The molecule has 0 aromatic heterocycles. The fraction of sp³-hybridized carbons (Fsp3) is 0.467. The number of ether oxygens (including phenoxy) is 1. The van der Waals surface area contributed by atoms with E-state index in [9.17, 15) is 9.59 Å². The maximum atomic E-state index is 12.4. The van der Waals surface area contributed by atoms with E-state index in [1.54, 1.807) is 43.9 Å². The summed E-state index contributed by atoms with van der Waals surface area (Å²) in [5.74, 6) is -0.213. The SMILES string of the molecule is CC(C)(C)OC(=O)N[C@H]1CCN(c2ccc(Cl)cc2Cl)C1=O. The van der Waals surface area contributed by atoms with Gasteiger partial charge >= 0.3 is 6.09 Å². The molecule has 1 heterocycles. The molecule has 1 aliphatic rings. The largest absolute Gasteiger partial charge is 0.444 e. The molecule has 0 radical (unpaired) electrons. The van der Waals surface area contributed by atoms with Crippen molar-refractivity contribution in [2.75, 3.05) is 11.4 Å². The third-order valence-corrected chi connectivity index (χ3v) is 3.63. The molecule has 5 nitrogen and oxygen atoms in total. The second-order valence-corrected chi connectivity index (χ2v) is 6.92. The molecule has 1 aromatic rings. The topological polar surface area (TPSA) is 58.6 Å². The molecule has 1 fully saturated rings. The van der Waals surface area contributed by atoms with Gasteiger partial charge in [0.05, 0.1) is 10.7 Å². The van der Waals surface area contributed by atoms with Crippen molar-refractivity contribution in [1.82, 2.24) is 5.32 Å². The number of carbonyl (C=O) groups excluding carboxylic acids is 2. The number of hydrogen-bond donors (Lipinski definition) is 1. The lowest BCUT2D eigenvalue weighted by molar-refractivity contribution is -0.118. The number of hydrogen-bond acceptors (Lipinski definition) is 3. The molecule has 1 atom stereocenters. The smallest absolute Gasteiger partial charge is 0.408 e. The lowest BCUT2D eigenvalue weighted by Gasteiger charge is -2.22. The number of benzene rings is 1. The van der Waals surface area contributed by atoms with E-state index < -0.39 is 17.7 Å². The van der Waals surface area contributed by atoms with Gasteiger partial charge in [0.2, 0.25) is 5.91 Å². The molecule has 120 valence electrons. The zero-order chi connectivity index (χ0) is 16.5. The first-order valence-corrected chi connectivity index (χ1v) is 7.69.